The number of phenolic OH excluding ortho intramolecular Hbond substituents is 1. The summed E-state index contributed by atoms with van der Waals surface area (Å²) in [6, 6.07) is 24.8. The lowest BCUT2D eigenvalue weighted by Gasteiger charge is -2.27. The van der Waals surface area contributed by atoms with Crippen LogP contribution in [0.15, 0.2) is 94.6 Å². The van der Waals surface area contributed by atoms with Gasteiger partial charge < -0.3 is 9.52 Å². The highest BCUT2D eigenvalue weighted by molar-refractivity contribution is 6.03. The summed E-state index contributed by atoms with van der Waals surface area (Å²) in [6.45, 7) is 19.5. The van der Waals surface area contributed by atoms with E-state index in [4.69, 9.17) is 14.4 Å². The molecule has 1 N–H and O–H groups in total. The van der Waals surface area contributed by atoms with Crippen molar-refractivity contribution >= 4 is 33.8 Å². The SMILES string of the molecule is CC(C)(C)c1cc(C=Nc2c(-c3nc4c(-c5ccncc5)cc(C(C)(C)C)cc4o3)ccc3ccccc23)c(O)c(C(C)(C)C)c1. The zero-order valence-corrected chi connectivity index (χ0v) is 28.4. The van der Waals surface area contributed by atoms with Gasteiger partial charge in [0.15, 0.2) is 5.58 Å². The van der Waals surface area contributed by atoms with Crippen LogP contribution in [-0.4, -0.2) is 21.3 Å². The van der Waals surface area contributed by atoms with Crippen molar-refractivity contribution in [2.75, 3.05) is 0 Å². The van der Waals surface area contributed by atoms with Gasteiger partial charge in [0.1, 0.15) is 11.3 Å². The van der Waals surface area contributed by atoms with E-state index in [1.165, 1.54) is 0 Å². The van der Waals surface area contributed by atoms with Crippen LogP contribution >= 0.6 is 0 Å². The van der Waals surface area contributed by atoms with Crippen LogP contribution in [0.25, 0.3) is 44.5 Å². The first kappa shape index (κ1) is 31.2. The molecule has 0 aliphatic rings. The highest BCUT2D eigenvalue weighted by Crippen LogP contribution is 2.42. The van der Waals surface area contributed by atoms with Gasteiger partial charge >= 0.3 is 0 Å². The fourth-order valence-corrected chi connectivity index (χ4v) is 5.79. The van der Waals surface area contributed by atoms with E-state index in [9.17, 15) is 5.11 Å². The maximum absolute atomic E-state index is 11.5. The van der Waals surface area contributed by atoms with E-state index in [-0.39, 0.29) is 22.0 Å². The molecule has 5 heteroatoms. The van der Waals surface area contributed by atoms with Crippen LogP contribution < -0.4 is 0 Å². The molecular weight excluding hydrogens is 566 g/mol. The number of benzene rings is 4. The Balaban J connectivity index is 1.58. The third-order valence-electron chi connectivity index (χ3n) is 8.63. The van der Waals surface area contributed by atoms with E-state index in [0.29, 0.717) is 11.5 Å². The number of hydrogen-bond acceptors (Lipinski definition) is 5. The van der Waals surface area contributed by atoms with E-state index in [0.717, 1.165) is 60.9 Å². The average Bonchev–Trinajstić information content (AvgIpc) is 3.43. The van der Waals surface area contributed by atoms with Crippen LogP contribution in [0.2, 0.25) is 0 Å². The van der Waals surface area contributed by atoms with Crippen LogP contribution in [0, 0.1) is 0 Å². The Morgan fingerprint density at radius 2 is 1.39 bits per heavy atom. The summed E-state index contributed by atoms with van der Waals surface area (Å²) in [5, 5.41) is 13.5. The molecule has 0 saturated carbocycles. The minimum absolute atomic E-state index is 0.0865. The lowest BCUT2D eigenvalue weighted by atomic mass is 9.79. The van der Waals surface area contributed by atoms with Crippen molar-refractivity contribution in [3.8, 4) is 28.3 Å². The van der Waals surface area contributed by atoms with Crippen LogP contribution in [0.1, 0.15) is 84.6 Å². The van der Waals surface area contributed by atoms with Gasteiger partial charge in [0.2, 0.25) is 5.89 Å². The van der Waals surface area contributed by atoms with Gasteiger partial charge in [-0.3, -0.25) is 9.98 Å². The number of nitrogens with zero attached hydrogens (tertiary/aromatic N) is 3. The number of rotatable bonds is 4. The van der Waals surface area contributed by atoms with Crippen LogP contribution in [-0.2, 0) is 16.2 Å². The fraction of sp³-hybridized carbons (Fsp3) is 0.293. The third kappa shape index (κ3) is 5.94. The molecule has 0 amide bonds. The molecule has 0 spiro atoms. The van der Waals surface area contributed by atoms with Gasteiger partial charge in [-0.05, 0) is 74.7 Å². The predicted octanol–water partition coefficient (Wildman–Crippen LogP) is 11.1. The van der Waals surface area contributed by atoms with Gasteiger partial charge in [-0.15, -0.1) is 0 Å². The standard InChI is InChI=1S/C41H43N3O2/c1-39(2,3)28-20-27(37(45)33(22-28)41(7,8)9)24-43-35-30-13-11-10-12-25(30)14-15-31(35)38-44-36-32(26-16-18-42-19-17-26)21-29(40(4,5)6)23-34(36)46-38/h10-24,45H,1-9H3. The summed E-state index contributed by atoms with van der Waals surface area (Å²) in [4.78, 5) is 14.4. The Morgan fingerprint density at radius 3 is 2.07 bits per heavy atom. The maximum Gasteiger partial charge on any atom is 0.229 e. The molecule has 234 valence electrons. The third-order valence-corrected chi connectivity index (χ3v) is 8.63. The molecule has 0 saturated heterocycles. The molecule has 5 nitrogen and oxygen atoms in total. The quantitative estimate of drug-likeness (QED) is 0.202. The number of oxazole rings is 1. The topological polar surface area (TPSA) is 71.5 Å². The fourth-order valence-electron chi connectivity index (χ4n) is 5.79. The highest BCUT2D eigenvalue weighted by Gasteiger charge is 2.25. The number of hydrogen-bond donors (Lipinski definition) is 1. The Hall–Kier alpha value is -4.77. The second-order valence-corrected chi connectivity index (χ2v) is 15.3. The molecule has 0 bridgehead atoms. The van der Waals surface area contributed by atoms with Crippen molar-refractivity contribution in [1.29, 1.82) is 0 Å². The number of aromatic hydroxyl groups is 1. The minimum atomic E-state index is -0.241. The molecule has 0 aliphatic carbocycles. The average molecular weight is 610 g/mol. The molecule has 0 aliphatic heterocycles. The van der Waals surface area contributed by atoms with Crippen LogP contribution in [0.3, 0.4) is 0 Å². The van der Waals surface area contributed by atoms with Crippen molar-refractivity contribution in [1.82, 2.24) is 9.97 Å². The van der Waals surface area contributed by atoms with Crippen molar-refractivity contribution in [3.63, 3.8) is 0 Å². The lowest BCUT2D eigenvalue weighted by molar-refractivity contribution is 0.444. The summed E-state index contributed by atoms with van der Waals surface area (Å²) in [5.74, 6) is 0.752. The summed E-state index contributed by atoms with van der Waals surface area (Å²) in [5.41, 5.74) is 8.54. The highest BCUT2D eigenvalue weighted by atomic mass is 16.3. The summed E-state index contributed by atoms with van der Waals surface area (Å²) in [7, 11) is 0. The Morgan fingerprint density at radius 1 is 0.717 bits per heavy atom. The maximum atomic E-state index is 11.5. The molecule has 2 heterocycles. The van der Waals surface area contributed by atoms with E-state index in [1.807, 2.05) is 36.4 Å². The van der Waals surface area contributed by atoms with Crippen LogP contribution in [0.5, 0.6) is 5.75 Å². The van der Waals surface area contributed by atoms with Crippen LogP contribution in [0.4, 0.5) is 5.69 Å². The molecule has 6 rings (SSSR count). The van der Waals surface area contributed by atoms with Gasteiger partial charge in [-0.1, -0.05) is 98.7 Å². The van der Waals surface area contributed by atoms with E-state index in [1.54, 1.807) is 18.6 Å². The predicted molar refractivity (Wildman–Crippen MR) is 192 cm³/mol. The molecule has 2 aromatic heterocycles. The van der Waals surface area contributed by atoms with Crippen molar-refractivity contribution in [2.24, 2.45) is 4.99 Å². The van der Waals surface area contributed by atoms with Gasteiger partial charge in [0, 0.05) is 40.7 Å². The molecule has 0 fully saturated rings. The number of fused-ring (bicyclic) bond motifs is 2. The Bertz CT molecular complexity index is 2100. The molecule has 46 heavy (non-hydrogen) atoms. The zero-order valence-electron chi connectivity index (χ0n) is 28.4. The zero-order chi connectivity index (χ0) is 33.0. The number of phenols is 1. The van der Waals surface area contributed by atoms with Gasteiger partial charge in [0.05, 0.1) is 11.3 Å². The van der Waals surface area contributed by atoms with E-state index >= 15 is 0 Å². The van der Waals surface area contributed by atoms with Gasteiger partial charge in [-0.2, -0.15) is 0 Å². The summed E-state index contributed by atoms with van der Waals surface area (Å²) < 4.78 is 6.60. The van der Waals surface area contributed by atoms with Gasteiger partial charge in [-0.25, -0.2) is 4.98 Å². The summed E-state index contributed by atoms with van der Waals surface area (Å²) >= 11 is 0. The first-order chi connectivity index (χ1) is 21.6. The van der Waals surface area contributed by atoms with E-state index in [2.05, 4.69) is 104 Å². The lowest BCUT2D eigenvalue weighted by Crippen LogP contribution is -2.17. The monoisotopic (exact) mass is 609 g/mol. The van der Waals surface area contributed by atoms with E-state index < -0.39 is 0 Å². The number of aliphatic imine (C=N–C) groups is 1. The van der Waals surface area contributed by atoms with Gasteiger partial charge in [0.25, 0.3) is 0 Å². The molecule has 4 aromatic carbocycles. The molecular formula is C41H43N3O2. The normalized spacial score (nSPS) is 12.9. The van der Waals surface area contributed by atoms with Crippen molar-refractivity contribution in [2.45, 2.75) is 78.6 Å². The first-order valence-electron chi connectivity index (χ1n) is 15.9. The molecule has 0 radical (unpaired) electrons. The number of aromatic nitrogens is 2. The smallest absolute Gasteiger partial charge is 0.229 e. The second kappa shape index (κ2) is 11.2. The number of pyridine rings is 1. The Kier molecular flexibility index (Phi) is 7.63. The molecule has 6 aromatic rings. The minimum Gasteiger partial charge on any atom is -0.507 e. The van der Waals surface area contributed by atoms with Crippen molar-refractivity contribution < 1.29 is 9.52 Å². The second-order valence-electron chi connectivity index (χ2n) is 15.3. The summed E-state index contributed by atoms with van der Waals surface area (Å²) in [6.07, 6.45) is 5.39. The molecule has 0 unspecified atom stereocenters. The first-order valence-corrected chi connectivity index (χ1v) is 15.9. The Labute approximate surface area is 272 Å². The largest absolute Gasteiger partial charge is 0.507 e. The molecule has 0 atom stereocenters. The van der Waals surface area contributed by atoms with Crippen molar-refractivity contribution in [3.05, 3.63) is 107 Å².